The number of urea groups is 1. The third-order valence-corrected chi connectivity index (χ3v) is 6.66. The molecule has 0 aliphatic carbocycles. The molecule has 2 aliphatic heterocycles. The van der Waals surface area contributed by atoms with Gasteiger partial charge in [0.05, 0.1) is 17.8 Å². The summed E-state index contributed by atoms with van der Waals surface area (Å²) in [5.41, 5.74) is 5.99. The van der Waals surface area contributed by atoms with Gasteiger partial charge >= 0.3 is 6.03 Å². The molecule has 1 fully saturated rings. The SMILES string of the molecule is O=C(NC(C1=NNC(c2ccc(Br)cc2)C1)c1ccc(Cl)cc1Cl)N1CCCCC1. The molecule has 30 heavy (non-hydrogen) atoms. The lowest BCUT2D eigenvalue weighted by atomic mass is 9.95. The van der Waals surface area contributed by atoms with E-state index in [2.05, 4.69) is 43.9 Å². The summed E-state index contributed by atoms with van der Waals surface area (Å²) in [7, 11) is 0. The number of benzene rings is 2. The van der Waals surface area contributed by atoms with Gasteiger partial charge in [-0.15, -0.1) is 0 Å². The second-order valence-corrected chi connectivity index (χ2v) is 9.40. The molecule has 0 spiro atoms. The van der Waals surface area contributed by atoms with E-state index in [1.165, 1.54) is 6.42 Å². The maximum atomic E-state index is 13.0. The van der Waals surface area contributed by atoms with Crippen molar-refractivity contribution in [1.29, 1.82) is 0 Å². The van der Waals surface area contributed by atoms with Crippen molar-refractivity contribution >= 4 is 50.9 Å². The van der Waals surface area contributed by atoms with Crippen LogP contribution in [0.5, 0.6) is 0 Å². The van der Waals surface area contributed by atoms with E-state index in [4.69, 9.17) is 23.2 Å². The third-order valence-electron chi connectivity index (χ3n) is 5.57. The summed E-state index contributed by atoms with van der Waals surface area (Å²) in [6, 6.07) is 13.1. The first kappa shape index (κ1) is 21.5. The van der Waals surface area contributed by atoms with E-state index in [9.17, 15) is 4.79 Å². The van der Waals surface area contributed by atoms with E-state index in [1.807, 2.05) is 23.1 Å². The highest BCUT2D eigenvalue weighted by molar-refractivity contribution is 9.10. The molecule has 8 heteroatoms. The second kappa shape index (κ2) is 9.58. The predicted molar refractivity (Wildman–Crippen MR) is 125 cm³/mol. The lowest BCUT2D eigenvalue weighted by Crippen LogP contribution is -2.45. The lowest BCUT2D eigenvalue weighted by Gasteiger charge is -2.29. The van der Waals surface area contributed by atoms with Crippen molar-refractivity contribution in [2.75, 3.05) is 13.1 Å². The van der Waals surface area contributed by atoms with E-state index < -0.39 is 6.04 Å². The Hall–Kier alpha value is -1.76. The third kappa shape index (κ3) is 4.93. The molecule has 2 atom stereocenters. The fraction of sp³-hybridized carbons (Fsp3) is 0.364. The van der Waals surface area contributed by atoms with Crippen LogP contribution >= 0.6 is 39.1 Å². The zero-order valence-corrected chi connectivity index (χ0v) is 19.5. The van der Waals surface area contributed by atoms with Crippen LogP contribution < -0.4 is 10.7 Å². The summed E-state index contributed by atoms with van der Waals surface area (Å²) < 4.78 is 1.03. The Balaban J connectivity index is 1.57. The van der Waals surface area contributed by atoms with Gasteiger partial charge in [0.25, 0.3) is 0 Å². The van der Waals surface area contributed by atoms with Crippen LogP contribution in [-0.2, 0) is 0 Å². The van der Waals surface area contributed by atoms with E-state index in [0.717, 1.165) is 47.2 Å². The number of hydrogen-bond donors (Lipinski definition) is 2. The van der Waals surface area contributed by atoms with Gasteiger partial charge in [-0.05, 0) is 54.7 Å². The van der Waals surface area contributed by atoms with Crippen LogP contribution in [0.1, 0.15) is 48.9 Å². The minimum absolute atomic E-state index is 0.0496. The van der Waals surface area contributed by atoms with E-state index in [0.29, 0.717) is 16.5 Å². The van der Waals surface area contributed by atoms with Gasteiger partial charge < -0.3 is 15.6 Å². The number of hydrogen-bond acceptors (Lipinski definition) is 3. The van der Waals surface area contributed by atoms with Gasteiger partial charge in [0.2, 0.25) is 0 Å². The molecule has 5 nitrogen and oxygen atoms in total. The van der Waals surface area contributed by atoms with Gasteiger partial charge in [-0.3, -0.25) is 0 Å². The Morgan fingerprint density at radius 2 is 1.87 bits per heavy atom. The van der Waals surface area contributed by atoms with Gasteiger partial charge in [0.15, 0.2) is 0 Å². The number of carbonyl (C=O) groups is 1. The van der Waals surface area contributed by atoms with Crippen LogP contribution in [0.25, 0.3) is 0 Å². The highest BCUT2D eigenvalue weighted by atomic mass is 79.9. The number of nitrogens with one attached hydrogen (secondary N) is 2. The fourth-order valence-corrected chi connectivity index (χ4v) is 4.70. The van der Waals surface area contributed by atoms with E-state index >= 15 is 0 Å². The molecular formula is C22H23BrCl2N4O. The van der Waals surface area contributed by atoms with Crippen LogP contribution in [0.3, 0.4) is 0 Å². The molecule has 0 radical (unpaired) electrons. The molecule has 1 saturated heterocycles. The van der Waals surface area contributed by atoms with Crippen molar-refractivity contribution in [3.05, 3.63) is 68.1 Å². The molecule has 0 bridgehead atoms. The van der Waals surface area contributed by atoms with E-state index in [-0.39, 0.29) is 12.1 Å². The minimum Gasteiger partial charge on any atom is -0.326 e. The summed E-state index contributed by atoms with van der Waals surface area (Å²) in [6.45, 7) is 1.55. The number of likely N-dealkylation sites (tertiary alicyclic amines) is 1. The molecule has 2 aliphatic rings. The van der Waals surface area contributed by atoms with Crippen molar-refractivity contribution in [3.8, 4) is 0 Å². The fourth-order valence-electron chi connectivity index (χ4n) is 3.92. The number of amides is 2. The van der Waals surface area contributed by atoms with Crippen molar-refractivity contribution in [2.45, 2.75) is 37.8 Å². The molecule has 2 unspecified atom stereocenters. The van der Waals surface area contributed by atoms with Gasteiger partial charge in [-0.25, -0.2) is 4.79 Å². The topological polar surface area (TPSA) is 56.7 Å². The lowest BCUT2D eigenvalue weighted by molar-refractivity contribution is 0.185. The van der Waals surface area contributed by atoms with Crippen molar-refractivity contribution in [3.63, 3.8) is 0 Å². The Labute approximate surface area is 194 Å². The number of hydrazone groups is 1. The van der Waals surface area contributed by atoms with Crippen LogP contribution in [0.15, 0.2) is 52.0 Å². The van der Waals surface area contributed by atoms with Gasteiger partial charge in [-0.2, -0.15) is 5.10 Å². The van der Waals surface area contributed by atoms with Gasteiger partial charge in [0.1, 0.15) is 0 Å². The molecule has 2 N–H and O–H groups in total. The number of carbonyl (C=O) groups excluding carboxylic acids is 1. The summed E-state index contributed by atoms with van der Waals surface area (Å²) >= 11 is 16.1. The Morgan fingerprint density at radius 3 is 2.57 bits per heavy atom. The Kier molecular flexibility index (Phi) is 6.86. The van der Waals surface area contributed by atoms with Gasteiger partial charge in [0, 0.05) is 34.0 Å². The highest BCUT2D eigenvalue weighted by Crippen LogP contribution is 2.33. The highest BCUT2D eigenvalue weighted by Gasteiger charge is 2.31. The summed E-state index contributed by atoms with van der Waals surface area (Å²) in [5.74, 6) is 0. The first-order chi connectivity index (χ1) is 14.5. The molecule has 158 valence electrons. The molecule has 2 amide bonds. The average Bonchev–Trinajstić information content (AvgIpc) is 3.23. The van der Waals surface area contributed by atoms with Crippen LogP contribution in [0.2, 0.25) is 10.0 Å². The Bertz CT molecular complexity index is 945. The van der Waals surface area contributed by atoms with E-state index in [1.54, 1.807) is 12.1 Å². The first-order valence-corrected chi connectivity index (χ1v) is 11.6. The second-order valence-electron chi connectivity index (χ2n) is 7.64. The standard InChI is InChI=1S/C22H23BrCl2N4O/c23-15-6-4-14(5-7-15)19-13-20(28-27-19)21(17-9-8-16(24)12-18(17)25)26-22(30)29-10-2-1-3-11-29/h4-9,12,19,21,27H,1-3,10-11,13H2,(H,26,30). The van der Waals surface area contributed by atoms with Crippen LogP contribution in [0, 0.1) is 0 Å². The first-order valence-electron chi connectivity index (χ1n) is 10.1. The summed E-state index contributed by atoms with van der Waals surface area (Å²) in [6.07, 6.45) is 3.91. The molecule has 2 aromatic carbocycles. The van der Waals surface area contributed by atoms with Crippen molar-refractivity contribution in [2.24, 2.45) is 5.10 Å². The maximum absolute atomic E-state index is 13.0. The molecule has 2 heterocycles. The van der Waals surface area contributed by atoms with Crippen LogP contribution in [0.4, 0.5) is 4.79 Å². The van der Waals surface area contributed by atoms with Crippen molar-refractivity contribution < 1.29 is 4.79 Å². The smallest absolute Gasteiger partial charge is 0.318 e. The van der Waals surface area contributed by atoms with Crippen molar-refractivity contribution in [1.82, 2.24) is 15.6 Å². The Morgan fingerprint density at radius 1 is 1.13 bits per heavy atom. The summed E-state index contributed by atoms with van der Waals surface area (Å²) in [5, 5.41) is 8.83. The number of rotatable bonds is 4. The maximum Gasteiger partial charge on any atom is 0.318 e. The monoisotopic (exact) mass is 508 g/mol. The molecule has 0 saturated carbocycles. The van der Waals surface area contributed by atoms with Crippen LogP contribution in [-0.4, -0.2) is 29.7 Å². The molecule has 0 aromatic heterocycles. The largest absolute Gasteiger partial charge is 0.326 e. The average molecular weight is 510 g/mol. The van der Waals surface area contributed by atoms with Gasteiger partial charge in [-0.1, -0.05) is 57.3 Å². The number of piperidine rings is 1. The molecular weight excluding hydrogens is 487 g/mol. The molecule has 2 aromatic rings. The molecule has 4 rings (SSSR count). The number of halogens is 3. The predicted octanol–water partition coefficient (Wildman–Crippen LogP) is 6.08. The quantitative estimate of drug-likeness (QED) is 0.524. The normalized spacial score (nSPS) is 19.8. The summed E-state index contributed by atoms with van der Waals surface area (Å²) in [4.78, 5) is 14.8. The zero-order chi connectivity index (χ0) is 21.1. The number of nitrogens with zero attached hydrogens (tertiary/aromatic N) is 2. The minimum atomic E-state index is -0.419. The zero-order valence-electron chi connectivity index (χ0n) is 16.4.